The normalized spacial score (nSPS) is 12.6. The zero-order valence-corrected chi connectivity index (χ0v) is 13.2. The molecule has 104 valence electrons. The van der Waals surface area contributed by atoms with Crippen LogP contribution in [0.1, 0.15) is 20.8 Å². The highest BCUT2D eigenvalue weighted by Crippen LogP contribution is 2.08. The molecule has 5 heteroatoms. The van der Waals surface area contributed by atoms with Crippen LogP contribution in [-0.4, -0.2) is 32.2 Å². The number of hydrogen-bond donors (Lipinski definition) is 0. The second-order valence-electron chi connectivity index (χ2n) is 6.34. The average Bonchev–Trinajstić information content (AvgIpc) is 2.09. The van der Waals surface area contributed by atoms with E-state index in [9.17, 15) is 9.59 Å². The van der Waals surface area contributed by atoms with Gasteiger partial charge in [-0.3, -0.25) is 0 Å². The van der Waals surface area contributed by atoms with Crippen LogP contribution in [0.15, 0.2) is 12.2 Å². The Hall–Kier alpha value is -1.10. The van der Waals surface area contributed by atoms with E-state index >= 15 is 0 Å². The van der Waals surface area contributed by atoms with Gasteiger partial charge in [0, 0.05) is 20.2 Å². The van der Waals surface area contributed by atoms with Crippen LogP contribution >= 0.6 is 0 Å². The number of carbonyl (C=O) groups is 2. The lowest BCUT2D eigenvalue weighted by atomic mass is 10.2. The SMILES string of the molecule is CC(C)(C)OC(=O)/C=C/C(=O)OCC[Si](C)(C)C. The van der Waals surface area contributed by atoms with Crippen LogP contribution in [0.25, 0.3) is 0 Å². The second kappa shape index (κ2) is 6.73. The summed E-state index contributed by atoms with van der Waals surface area (Å²) in [5, 5.41) is 0. The quantitative estimate of drug-likeness (QED) is 0.439. The Bertz CT molecular complexity index is 321. The molecule has 0 rings (SSSR count). The van der Waals surface area contributed by atoms with Crippen molar-refractivity contribution in [2.45, 2.75) is 52.1 Å². The molecule has 0 aliphatic rings. The molecule has 0 N–H and O–H groups in total. The standard InChI is InChI=1S/C13H24O4Si/c1-13(2,3)17-12(15)8-7-11(14)16-9-10-18(4,5)6/h7-8H,9-10H2,1-6H3/b8-7+. The van der Waals surface area contributed by atoms with E-state index in [1.807, 2.05) is 0 Å². The van der Waals surface area contributed by atoms with Crippen molar-refractivity contribution in [2.75, 3.05) is 6.61 Å². The minimum absolute atomic E-state index is 0.410. The number of esters is 2. The van der Waals surface area contributed by atoms with Gasteiger partial charge in [-0.2, -0.15) is 0 Å². The highest BCUT2D eigenvalue weighted by Gasteiger charge is 2.15. The Kier molecular flexibility index (Phi) is 6.32. The number of hydrogen-bond acceptors (Lipinski definition) is 4. The predicted molar refractivity (Wildman–Crippen MR) is 74.1 cm³/mol. The van der Waals surface area contributed by atoms with Gasteiger partial charge in [-0.25, -0.2) is 9.59 Å². The molecule has 0 atom stereocenters. The molecule has 0 saturated carbocycles. The summed E-state index contributed by atoms with van der Waals surface area (Å²) in [5.41, 5.74) is -0.552. The predicted octanol–water partition coefficient (Wildman–Crippen LogP) is 2.77. The van der Waals surface area contributed by atoms with Crippen molar-refractivity contribution in [3.8, 4) is 0 Å². The molecule has 0 fully saturated rings. The van der Waals surface area contributed by atoms with Crippen LogP contribution in [-0.2, 0) is 19.1 Å². The molecule has 0 aromatic heterocycles. The molecule has 18 heavy (non-hydrogen) atoms. The smallest absolute Gasteiger partial charge is 0.331 e. The first-order chi connectivity index (χ1) is 7.99. The Morgan fingerprint density at radius 3 is 2.00 bits per heavy atom. The van der Waals surface area contributed by atoms with Crippen LogP contribution in [0.5, 0.6) is 0 Å². The zero-order valence-electron chi connectivity index (χ0n) is 12.2. The van der Waals surface area contributed by atoms with E-state index in [2.05, 4.69) is 19.6 Å². The van der Waals surface area contributed by atoms with E-state index in [1.165, 1.54) is 0 Å². The van der Waals surface area contributed by atoms with E-state index in [0.29, 0.717) is 6.61 Å². The van der Waals surface area contributed by atoms with E-state index in [1.54, 1.807) is 20.8 Å². The van der Waals surface area contributed by atoms with Crippen LogP contribution in [0.2, 0.25) is 25.7 Å². The Morgan fingerprint density at radius 1 is 1.06 bits per heavy atom. The largest absolute Gasteiger partial charge is 0.463 e. The Labute approximate surface area is 110 Å². The number of carbonyl (C=O) groups excluding carboxylic acids is 2. The highest BCUT2D eigenvalue weighted by atomic mass is 28.3. The van der Waals surface area contributed by atoms with Gasteiger partial charge in [0.2, 0.25) is 0 Å². The summed E-state index contributed by atoms with van der Waals surface area (Å²) in [5.74, 6) is -1.04. The number of rotatable bonds is 5. The van der Waals surface area contributed by atoms with Crippen molar-refractivity contribution >= 4 is 20.0 Å². The average molecular weight is 272 g/mol. The lowest BCUT2D eigenvalue weighted by Crippen LogP contribution is -2.23. The lowest BCUT2D eigenvalue weighted by molar-refractivity contribution is -0.149. The van der Waals surface area contributed by atoms with Gasteiger partial charge in [-0.05, 0) is 26.8 Å². The van der Waals surface area contributed by atoms with Gasteiger partial charge in [0.05, 0.1) is 6.61 Å². The summed E-state index contributed by atoms with van der Waals surface area (Å²) in [6, 6.07) is 0.916. The van der Waals surface area contributed by atoms with E-state index < -0.39 is 25.6 Å². The third kappa shape index (κ3) is 11.4. The molecule has 0 aliphatic carbocycles. The van der Waals surface area contributed by atoms with Crippen LogP contribution in [0.3, 0.4) is 0 Å². The van der Waals surface area contributed by atoms with Crippen molar-refractivity contribution in [1.82, 2.24) is 0 Å². The second-order valence-corrected chi connectivity index (χ2v) is 12.0. The topological polar surface area (TPSA) is 52.6 Å². The number of ether oxygens (including phenoxy) is 2. The van der Waals surface area contributed by atoms with Crippen LogP contribution < -0.4 is 0 Å². The molecular weight excluding hydrogens is 248 g/mol. The minimum Gasteiger partial charge on any atom is -0.463 e. The van der Waals surface area contributed by atoms with Gasteiger partial charge in [0.1, 0.15) is 5.60 Å². The monoisotopic (exact) mass is 272 g/mol. The van der Waals surface area contributed by atoms with Crippen molar-refractivity contribution < 1.29 is 19.1 Å². The first-order valence-electron chi connectivity index (χ1n) is 6.07. The van der Waals surface area contributed by atoms with Gasteiger partial charge in [-0.15, -0.1) is 0 Å². The summed E-state index contributed by atoms with van der Waals surface area (Å²) in [7, 11) is -1.19. The summed E-state index contributed by atoms with van der Waals surface area (Å²) < 4.78 is 10.0. The summed E-state index contributed by atoms with van der Waals surface area (Å²) in [6.45, 7) is 12.3. The molecule has 0 radical (unpaired) electrons. The van der Waals surface area contributed by atoms with Gasteiger partial charge in [-0.1, -0.05) is 19.6 Å². The maximum atomic E-state index is 11.3. The van der Waals surface area contributed by atoms with Gasteiger partial charge >= 0.3 is 11.9 Å². The fraction of sp³-hybridized carbons (Fsp3) is 0.692. The first kappa shape index (κ1) is 16.9. The maximum Gasteiger partial charge on any atom is 0.331 e. The molecule has 0 aliphatic heterocycles. The molecule has 4 nitrogen and oxygen atoms in total. The third-order valence-electron chi connectivity index (χ3n) is 1.86. The molecule has 0 saturated heterocycles. The Balaban J connectivity index is 3.98. The van der Waals surface area contributed by atoms with E-state index in [4.69, 9.17) is 9.47 Å². The molecular formula is C13H24O4Si. The van der Waals surface area contributed by atoms with Crippen molar-refractivity contribution in [3.63, 3.8) is 0 Å². The molecule has 0 amide bonds. The first-order valence-corrected chi connectivity index (χ1v) is 9.78. The van der Waals surface area contributed by atoms with Crippen molar-refractivity contribution in [2.24, 2.45) is 0 Å². The summed E-state index contributed by atoms with van der Waals surface area (Å²) in [6.07, 6.45) is 2.21. The van der Waals surface area contributed by atoms with Gasteiger partial charge in [0.25, 0.3) is 0 Å². The lowest BCUT2D eigenvalue weighted by Gasteiger charge is -2.17. The zero-order chi connectivity index (χ0) is 14.4. The van der Waals surface area contributed by atoms with E-state index in [-0.39, 0.29) is 0 Å². The third-order valence-corrected chi connectivity index (χ3v) is 3.56. The van der Waals surface area contributed by atoms with Gasteiger partial charge in [0.15, 0.2) is 0 Å². The van der Waals surface area contributed by atoms with Crippen LogP contribution in [0.4, 0.5) is 0 Å². The molecule has 0 aromatic rings. The molecule has 0 aromatic carbocycles. The van der Waals surface area contributed by atoms with Crippen molar-refractivity contribution in [3.05, 3.63) is 12.2 Å². The maximum absolute atomic E-state index is 11.3. The Morgan fingerprint density at radius 2 is 1.56 bits per heavy atom. The fourth-order valence-electron chi connectivity index (χ4n) is 0.978. The summed E-state index contributed by atoms with van der Waals surface area (Å²) in [4.78, 5) is 22.6. The summed E-state index contributed by atoms with van der Waals surface area (Å²) >= 11 is 0. The molecule has 0 unspecified atom stereocenters. The molecule has 0 spiro atoms. The van der Waals surface area contributed by atoms with E-state index in [0.717, 1.165) is 18.2 Å². The fourth-order valence-corrected chi connectivity index (χ4v) is 1.69. The minimum atomic E-state index is -1.19. The van der Waals surface area contributed by atoms with Gasteiger partial charge < -0.3 is 9.47 Å². The van der Waals surface area contributed by atoms with Crippen molar-refractivity contribution in [1.29, 1.82) is 0 Å². The highest BCUT2D eigenvalue weighted by molar-refractivity contribution is 6.76. The molecule has 0 bridgehead atoms. The molecule has 0 heterocycles. The van der Waals surface area contributed by atoms with Crippen LogP contribution in [0, 0.1) is 0 Å².